The number of rotatable bonds is 7. The Morgan fingerprint density at radius 1 is 0.443 bits per heavy atom. The van der Waals surface area contributed by atoms with Crippen molar-refractivity contribution in [1.29, 1.82) is 0 Å². The molecule has 10 aromatic rings. The molecule has 0 aliphatic carbocycles. The molecule has 1 amide bonds. The number of hydrogen-bond acceptors (Lipinski definition) is 3. The van der Waals surface area contributed by atoms with Gasteiger partial charge in [0.15, 0.2) is 0 Å². The average molecular weight is 1220 g/mol. The van der Waals surface area contributed by atoms with Crippen molar-refractivity contribution in [3.8, 4) is 55.6 Å². The van der Waals surface area contributed by atoms with Crippen molar-refractivity contribution in [3.63, 3.8) is 0 Å². The van der Waals surface area contributed by atoms with Crippen LogP contribution in [0.15, 0.2) is 252 Å². The van der Waals surface area contributed by atoms with E-state index in [4.69, 9.17) is 40.5 Å². The Kier molecular flexibility index (Phi) is 19.4. The lowest BCUT2D eigenvalue weighted by Crippen LogP contribution is -2.12. The van der Waals surface area contributed by atoms with Crippen LogP contribution in [0.5, 0.6) is 0 Å². The van der Waals surface area contributed by atoms with Gasteiger partial charge in [-0.25, -0.2) is 0 Å². The van der Waals surface area contributed by atoms with Crippen LogP contribution in [0.3, 0.4) is 0 Å². The van der Waals surface area contributed by atoms with Crippen LogP contribution in [0.1, 0.15) is 10.4 Å². The van der Waals surface area contributed by atoms with Crippen molar-refractivity contribution >= 4 is 107 Å². The SMILES string of the molecule is Brc1ccccc1I.Clc1cccc(-c2ccccc2Br)c1.Nc1ccccc1-c1ccccc1-c1cccc(Cl)c1.O=C(Nc1ccccc1-c1ccccc1-c1cccc(Cl)c1)c1cccnc1. The van der Waals surface area contributed by atoms with Crippen LogP contribution in [-0.4, -0.2) is 10.9 Å². The second-order valence-corrected chi connectivity index (χ2v) is 19.5. The zero-order chi connectivity index (χ0) is 49.2. The molecule has 0 spiro atoms. The highest BCUT2D eigenvalue weighted by Gasteiger charge is 2.14. The van der Waals surface area contributed by atoms with Gasteiger partial charge in [0, 0.05) is 62.5 Å². The van der Waals surface area contributed by atoms with E-state index in [-0.39, 0.29) is 5.91 Å². The molecule has 0 saturated heterocycles. The molecule has 1 aromatic heterocycles. The maximum atomic E-state index is 12.6. The van der Waals surface area contributed by atoms with E-state index in [9.17, 15) is 4.79 Å². The minimum atomic E-state index is -0.194. The van der Waals surface area contributed by atoms with Gasteiger partial charge in [0.05, 0.1) is 5.56 Å². The van der Waals surface area contributed by atoms with Gasteiger partial charge in [-0.15, -0.1) is 0 Å². The fourth-order valence-electron chi connectivity index (χ4n) is 7.30. The predicted molar refractivity (Wildman–Crippen MR) is 313 cm³/mol. The lowest BCUT2D eigenvalue weighted by Gasteiger charge is -2.15. The number of anilines is 2. The van der Waals surface area contributed by atoms with Crippen molar-refractivity contribution in [2.75, 3.05) is 11.1 Å². The third kappa shape index (κ3) is 14.5. The maximum Gasteiger partial charge on any atom is 0.257 e. The average Bonchev–Trinajstić information content (AvgIpc) is 3.38. The number of pyridine rings is 1. The van der Waals surface area contributed by atoms with Crippen LogP contribution < -0.4 is 11.1 Å². The summed E-state index contributed by atoms with van der Waals surface area (Å²) in [4.78, 5) is 16.6. The van der Waals surface area contributed by atoms with Gasteiger partial charge < -0.3 is 11.1 Å². The van der Waals surface area contributed by atoms with Gasteiger partial charge >= 0.3 is 0 Å². The van der Waals surface area contributed by atoms with Gasteiger partial charge in [-0.05, 0) is 162 Å². The molecule has 0 unspecified atom stereocenters. The van der Waals surface area contributed by atoms with Crippen LogP contribution in [0.2, 0.25) is 15.1 Å². The van der Waals surface area contributed by atoms with Gasteiger partial charge in [0.25, 0.3) is 5.91 Å². The highest BCUT2D eigenvalue weighted by atomic mass is 127. The molecule has 0 aliphatic heterocycles. The highest BCUT2D eigenvalue weighted by Crippen LogP contribution is 2.38. The normalized spacial score (nSPS) is 10.3. The largest absolute Gasteiger partial charge is 0.398 e. The molecule has 0 fully saturated rings. The number of nitrogens with zero attached hydrogens (tertiary/aromatic N) is 1. The van der Waals surface area contributed by atoms with Crippen molar-refractivity contribution in [2.45, 2.75) is 0 Å². The van der Waals surface area contributed by atoms with E-state index in [1.54, 1.807) is 24.5 Å². The van der Waals surface area contributed by atoms with Crippen LogP contribution in [0, 0.1) is 3.57 Å². The molecule has 1 heterocycles. The van der Waals surface area contributed by atoms with Crippen molar-refractivity contribution < 1.29 is 4.79 Å². The number of para-hydroxylation sites is 2. The summed E-state index contributed by atoms with van der Waals surface area (Å²) >= 11 is 27.4. The zero-order valence-electron chi connectivity index (χ0n) is 37.3. The number of halogens is 6. The highest BCUT2D eigenvalue weighted by molar-refractivity contribution is 14.1. The van der Waals surface area contributed by atoms with E-state index in [2.05, 4.69) is 101 Å². The number of aromatic nitrogens is 1. The summed E-state index contributed by atoms with van der Waals surface area (Å²) in [6, 6.07) is 75.2. The first-order valence-electron chi connectivity index (χ1n) is 21.8. The molecular formula is C60H43Br2Cl3IN3O. The number of nitrogens with two attached hydrogens (primary N) is 1. The summed E-state index contributed by atoms with van der Waals surface area (Å²) in [6.45, 7) is 0. The molecule has 0 bridgehead atoms. The molecule has 0 radical (unpaired) electrons. The number of carbonyl (C=O) groups is 1. The summed E-state index contributed by atoms with van der Waals surface area (Å²) in [5.74, 6) is -0.194. The van der Waals surface area contributed by atoms with Crippen LogP contribution in [0.4, 0.5) is 11.4 Å². The van der Waals surface area contributed by atoms with Gasteiger partial charge in [-0.1, -0.05) is 202 Å². The Morgan fingerprint density at radius 2 is 0.871 bits per heavy atom. The minimum Gasteiger partial charge on any atom is -0.398 e. The van der Waals surface area contributed by atoms with Gasteiger partial charge in [-0.2, -0.15) is 0 Å². The number of nitrogen functional groups attached to an aromatic ring is 1. The molecule has 346 valence electrons. The van der Waals surface area contributed by atoms with E-state index in [0.29, 0.717) is 10.6 Å². The number of benzene rings is 9. The topological polar surface area (TPSA) is 68.0 Å². The standard InChI is InChI=1S/C24H17ClN2O.C18H14ClN.C12H8BrCl.C6H4BrI/c25-19-9-5-7-17(15-19)20-10-1-2-11-21(20)22-12-3-4-13-23(22)27-24(28)18-8-6-14-26-16-18;19-14-7-5-6-13(12-14)15-8-1-2-9-16(15)17-10-3-4-11-18(17)20;13-12-7-2-1-6-11(12)9-4-3-5-10(14)8-9;7-5-3-1-2-4-6(5)8/h1-16H,(H,27,28);1-12H,20H2;1-8H;1-4H. The van der Waals surface area contributed by atoms with Crippen molar-refractivity contribution in [3.05, 3.63) is 276 Å². The third-order valence-electron chi connectivity index (χ3n) is 10.6. The van der Waals surface area contributed by atoms with E-state index in [1.165, 1.54) is 8.04 Å². The molecule has 0 aliphatic rings. The summed E-state index contributed by atoms with van der Waals surface area (Å²) in [7, 11) is 0. The summed E-state index contributed by atoms with van der Waals surface area (Å²) in [6.07, 6.45) is 3.20. The quantitative estimate of drug-likeness (QED) is 0.123. The number of hydrogen-bond donors (Lipinski definition) is 2. The monoisotopic (exact) mass is 1210 g/mol. The summed E-state index contributed by atoms with van der Waals surface area (Å²) < 4.78 is 3.51. The second kappa shape index (κ2) is 26.2. The number of carbonyl (C=O) groups excluding carboxylic acids is 1. The molecular weight excluding hydrogens is 1170 g/mol. The summed E-state index contributed by atoms with van der Waals surface area (Å²) in [5, 5.41) is 5.19. The van der Waals surface area contributed by atoms with Gasteiger partial charge in [-0.3, -0.25) is 9.78 Å². The van der Waals surface area contributed by atoms with Crippen LogP contribution in [-0.2, 0) is 0 Å². The molecule has 70 heavy (non-hydrogen) atoms. The van der Waals surface area contributed by atoms with Crippen molar-refractivity contribution in [2.24, 2.45) is 0 Å². The number of nitrogens with one attached hydrogen (secondary N) is 1. The smallest absolute Gasteiger partial charge is 0.257 e. The molecule has 0 saturated carbocycles. The maximum absolute atomic E-state index is 12.6. The first-order valence-corrected chi connectivity index (χ1v) is 25.6. The van der Waals surface area contributed by atoms with E-state index in [0.717, 1.165) is 81.5 Å². The molecule has 9 aromatic carbocycles. The first kappa shape index (κ1) is 51.8. The van der Waals surface area contributed by atoms with E-state index >= 15 is 0 Å². The van der Waals surface area contributed by atoms with Crippen LogP contribution >= 0.6 is 89.3 Å². The fourth-order valence-corrected chi connectivity index (χ4v) is 9.06. The number of amides is 1. The van der Waals surface area contributed by atoms with Gasteiger partial charge in [0.2, 0.25) is 0 Å². The molecule has 0 atom stereocenters. The van der Waals surface area contributed by atoms with Crippen molar-refractivity contribution in [1.82, 2.24) is 4.98 Å². The Labute approximate surface area is 455 Å². The lowest BCUT2D eigenvalue weighted by atomic mass is 9.93. The third-order valence-corrected chi connectivity index (χ3v) is 14.4. The minimum absolute atomic E-state index is 0.194. The van der Waals surface area contributed by atoms with E-state index < -0.39 is 0 Å². The summed E-state index contributed by atoms with van der Waals surface area (Å²) in [5.41, 5.74) is 18.9. The predicted octanol–water partition coefficient (Wildman–Crippen LogP) is 19.4. The Bertz CT molecular complexity index is 3320. The zero-order valence-corrected chi connectivity index (χ0v) is 44.9. The Balaban J connectivity index is 0.000000150. The lowest BCUT2D eigenvalue weighted by molar-refractivity contribution is 0.102. The molecule has 3 N–H and O–H groups in total. The Morgan fingerprint density at radius 3 is 1.34 bits per heavy atom. The van der Waals surface area contributed by atoms with Gasteiger partial charge in [0.1, 0.15) is 0 Å². The Hall–Kier alpha value is -6.04. The fraction of sp³-hybridized carbons (Fsp3) is 0. The van der Waals surface area contributed by atoms with Crippen LogP contribution in [0.25, 0.3) is 55.6 Å². The van der Waals surface area contributed by atoms with E-state index in [1.807, 2.05) is 182 Å². The second-order valence-electron chi connectivity index (χ2n) is 15.3. The molecule has 10 rings (SSSR count). The molecule has 10 heteroatoms. The first-order chi connectivity index (χ1) is 34.0. The molecule has 4 nitrogen and oxygen atoms in total.